The average molecular weight is 663 g/mol. The summed E-state index contributed by atoms with van der Waals surface area (Å²) in [4.78, 5) is 7.52. The summed E-state index contributed by atoms with van der Waals surface area (Å²) >= 11 is 0. The van der Waals surface area contributed by atoms with Crippen molar-refractivity contribution in [2.24, 2.45) is 0 Å². The Bertz CT molecular complexity index is 2530. The zero-order valence-corrected chi connectivity index (χ0v) is 28.5. The van der Waals surface area contributed by atoms with Gasteiger partial charge in [0.25, 0.3) is 0 Å². The Hall–Kier alpha value is -6.77. The van der Waals surface area contributed by atoms with Crippen molar-refractivity contribution in [2.45, 2.75) is 5.41 Å². The van der Waals surface area contributed by atoms with Gasteiger partial charge < -0.3 is 4.90 Å². The zero-order valence-electron chi connectivity index (χ0n) is 28.5. The molecule has 2 heterocycles. The largest absolute Gasteiger partial charge is 0.307 e. The number of fused-ring (bicyclic) bond motifs is 6. The molecule has 0 bridgehead atoms. The lowest BCUT2D eigenvalue weighted by molar-refractivity contribution is 0.735. The lowest BCUT2D eigenvalue weighted by atomic mass is 9.61. The van der Waals surface area contributed by atoms with Crippen LogP contribution in [0.3, 0.4) is 0 Å². The molecule has 0 saturated heterocycles. The van der Waals surface area contributed by atoms with Crippen LogP contribution in [-0.4, -0.2) is 4.98 Å². The van der Waals surface area contributed by atoms with Crippen molar-refractivity contribution >= 4 is 38.6 Å². The molecule has 244 valence electrons. The SMILES string of the molecule is c1ccc(-c2cncc(-c3ccccc3)c2N2c3c(ccc4ccccc34)C(c3ccccc3)(c3ccccc3)c3ccc4ccccc4c32)cc1. The van der Waals surface area contributed by atoms with E-state index in [1.54, 1.807) is 0 Å². The minimum atomic E-state index is -0.620. The third-order valence-electron chi connectivity index (χ3n) is 10.8. The Morgan fingerprint density at radius 2 is 0.731 bits per heavy atom. The summed E-state index contributed by atoms with van der Waals surface area (Å²) < 4.78 is 0. The minimum absolute atomic E-state index is 0.620. The van der Waals surface area contributed by atoms with Crippen molar-refractivity contribution in [2.75, 3.05) is 4.90 Å². The summed E-state index contributed by atoms with van der Waals surface area (Å²) in [5.74, 6) is 0. The molecule has 0 N–H and O–H groups in total. The molecule has 1 aliphatic heterocycles. The number of hydrogen-bond acceptors (Lipinski definition) is 2. The maximum Gasteiger partial charge on any atom is 0.0742 e. The van der Waals surface area contributed by atoms with Crippen LogP contribution in [0.25, 0.3) is 43.8 Å². The molecule has 9 aromatic rings. The number of pyridine rings is 1. The van der Waals surface area contributed by atoms with Crippen molar-refractivity contribution in [3.63, 3.8) is 0 Å². The van der Waals surface area contributed by atoms with E-state index < -0.39 is 5.41 Å². The number of rotatable bonds is 5. The van der Waals surface area contributed by atoms with Crippen LogP contribution in [0.1, 0.15) is 22.3 Å². The molecule has 0 aliphatic carbocycles. The summed E-state index contributed by atoms with van der Waals surface area (Å²) in [5, 5.41) is 4.79. The highest BCUT2D eigenvalue weighted by atomic mass is 15.2. The molecule has 0 radical (unpaired) electrons. The Morgan fingerprint density at radius 3 is 1.17 bits per heavy atom. The average Bonchev–Trinajstić information content (AvgIpc) is 3.23. The fraction of sp³-hybridized carbons (Fsp3) is 0.0200. The molecule has 0 saturated carbocycles. The van der Waals surface area contributed by atoms with Gasteiger partial charge in [0, 0.05) is 34.3 Å². The fourth-order valence-corrected chi connectivity index (χ4v) is 8.60. The highest BCUT2D eigenvalue weighted by Gasteiger charge is 2.48. The first kappa shape index (κ1) is 30.1. The number of hydrogen-bond donors (Lipinski definition) is 0. The second-order valence-corrected chi connectivity index (χ2v) is 13.5. The van der Waals surface area contributed by atoms with Crippen LogP contribution in [-0.2, 0) is 5.41 Å². The van der Waals surface area contributed by atoms with Crippen molar-refractivity contribution in [3.8, 4) is 22.3 Å². The molecule has 0 atom stereocenters. The topological polar surface area (TPSA) is 16.1 Å². The maximum atomic E-state index is 4.93. The van der Waals surface area contributed by atoms with Crippen molar-refractivity contribution in [3.05, 3.63) is 229 Å². The van der Waals surface area contributed by atoms with Gasteiger partial charge in [-0.2, -0.15) is 0 Å². The molecule has 10 rings (SSSR count). The van der Waals surface area contributed by atoms with Gasteiger partial charge in [0.05, 0.1) is 22.5 Å². The Morgan fingerprint density at radius 1 is 0.346 bits per heavy atom. The van der Waals surface area contributed by atoms with E-state index in [0.29, 0.717) is 0 Å². The Kier molecular flexibility index (Phi) is 7.07. The molecule has 0 unspecified atom stereocenters. The van der Waals surface area contributed by atoms with Gasteiger partial charge >= 0.3 is 0 Å². The monoisotopic (exact) mass is 662 g/mol. The quantitative estimate of drug-likeness (QED) is 0.182. The zero-order chi connectivity index (χ0) is 34.5. The van der Waals surface area contributed by atoms with Gasteiger partial charge in [-0.25, -0.2) is 0 Å². The summed E-state index contributed by atoms with van der Waals surface area (Å²) in [6.07, 6.45) is 4.09. The van der Waals surface area contributed by atoms with Gasteiger partial charge in [-0.3, -0.25) is 4.98 Å². The fourth-order valence-electron chi connectivity index (χ4n) is 8.60. The van der Waals surface area contributed by atoms with Gasteiger partial charge in [0.15, 0.2) is 0 Å². The first-order chi connectivity index (χ1) is 25.8. The molecular formula is C50H34N2. The van der Waals surface area contributed by atoms with Gasteiger partial charge in [0.2, 0.25) is 0 Å². The van der Waals surface area contributed by atoms with Crippen LogP contribution >= 0.6 is 0 Å². The van der Waals surface area contributed by atoms with Crippen molar-refractivity contribution in [1.82, 2.24) is 4.98 Å². The Balaban J connectivity index is 1.47. The lowest BCUT2D eigenvalue weighted by Gasteiger charge is -2.48. The van der Waals surface area contributed by atoms with Gasteiger partial charge in [0.1, 0.15) is 0 Å². The molecule has 2 nitrogen and oxygen atoms in total. The number of nitrogens with zero attached hydrogens (tertiary/aromatic N) is 2. The second kappa shape index (κ2) is 12.2. The summed E-state index contributed by atoms with van der Waals surface area (Å²) in [7, 11) is 0. The summed E-state index contributed by atoms with van der Waals surface area (Å²) in [6.45, 7) is 0. The van der Waals surface area contributed by atoms with E-state index in [-0.39, 0.29) is 0 Å². The predicted octanol–water partition coefficient (Wildman–Crippen LogP) is 12.9. The van der Waals surface area contributed by atoms with Crippen LogP contribution < -0.4 is 4.90 Å². The molecule has 0 fully saturated rings. The van der Waals surface area contributed by atoms with E-state index in [1.165, 1.54) is 55.2 Å². The number of anilines is 3. The van der Waals surface area contributed by atoms with Gasteiger partial charge in [-0.05, 0) is 44.2 Å². The predicted molar refractivity (Wildman–Crippen MR) is 217 cm³/mol. The molecule has 1 aliphatic rings. The normalized spacial score (nSPS) is 13.1. The summed E-state index contributed by atoms with van der Waals surface area (Å²) in [6, 6.07) is 70.7. The second-order valence-electron chi connectivity index (χ2n) is 13.5. The maximum absolute atomic E-state index is 4.93. The van der Waals surface area contributed by atoms with E-state index in [0.717, 1.165) is 27.9 Å². The van der Waals surface area contributed by atoms with Crippen LogP contribution in [0, 0.1) is 0 Å². The van der Waals surface area contributed by atoms with Crippen molar-refractivity contribution in [1.29, 1.82) is 0 Å². The minimum Gasteiger partial charge on any atom is -0.307 e. The van der Waals surface area contributed by atoms with E-state index in [2.05, 4.69) is 199 Å². The third kappa shape index (κ3) is 4.48. The standard InChI is InChI=1S/C50H34N2/c1-5-17-35(18-6-1)43-33-51-34-44(36-19-7-2-8-20-36)47(43)52-48-41-27-15-13-21-37(41)29-31-45(48)50(39-23-9-3-10-24-39,40-25-11-4-12-26-40)46-32-30-38-22-14-16-28-42(38)49(46)52/h1-34H. The third-order valence-corrected chi connectivity index (χ3v) is 10.8. The van der Waals surface area contributed by atoms with Crippen LogP contribution in [0.5, 0.6) is 0 Å². The molecule has 8 aromatic carbocycles. The Labute approximate surface area is 303 Å². The smallest absolute Gasteiger partial charge is 0.0742 e. The molecule has 52 heavy (non-hydrogen) atoms. The van der Waals surface area contributed by atoms with Crippen LogP contribution in [0.4, 0.5) is 17.1 Å². The van der Waals surface area contributed by atoms with Crippen LogP contribution in [0.2, 0.25) is 0 Å². The highest BCUT2D eigenvalue weighted by Crippen LogP contribution is 2.62. The molecular weight excluding hydrogens is 629 g/mol. The van der Waals surface area contributed by atoms with Gasteiger partial charge in [-0.1, -0.05) is 194 Å². The molecule has 1 aromatic heterocycles. The summed E-state index contributed by atoms with van der Waals surface area (Å²) in [5.41, 5.74) is 12.2. The number of aromatic nitrogens is 1. The van der Waals surface area contributed by atoms with Crippen molar-refractivity contribution < 1.29 is 0 Å². The molecule has 2 heteroatoms. The highest BCUT2D eigenvalue weighted by molar-refractivity contribution is 6.13. The van der Waals surface area contributed by atoms with E-state index >= 15 is 0 Å². The van der Waals surface area contributed by atoms with E-state index in [4.69, 9.17) is 4.98 Å². The van der Waals surface area contributed by atoms with Gasteiger partial charge in [-0.15, -0.1) is 0 Å². The van der Waals surface area contributed by atoms with Crippen LogP contribution in [0.15, 0.2) is 207 Å². The number of benzene rings is 8. The first-order valence-corrected chi connectivity index (χ1v) is 17.9. The van der Waals surface area contributed by atoms with E-state index in [1.807, 2.05) is 12.4 Å². The first-order valence-electron chi connectivity index (χ1n) is 17.9. The lowest BCUT2D eigenvalue weighted by Crippen LogP contribution is -2.38. The molecule has 0 spiro atoms. The van der Waals surface area contributed by atoms with E-state index in [9.17, 15) is 0 Å². The molecule has 0 amide bonds.